The maximum Gasteiger partial charge on any atom is 0.244 e. The van der Waals surface area contributed by atoms with E-state index in [1.807, 2.05) is 6.92 Å². The fourth-order valence-electron chi connectivity index (χ4n) is 2.40. The molecule has 1 fully saturated rings. The largest absolute Gasteiger partial charge is 0.493 e. The van der Waals surface area contributed by atoms with Crippen molar-refractivity contribution in [2.75, 3.05) is 39.8 Å². The predicted molar refractivity (Wildman–Crippen MR) is 81.9 cm³/mol. The third-order valence-corrected chi connectivity index (χ3v) is 3.53. The van der Waals surface area contributed by atoms with Gasteiger partial charge in [-0.1, -0.05) is 0 Å². The van der Waals surface area contributed by atoms with Crippen LogP contribution >= 0.6 is 0 Å². The molecule has 1 aliphatic rings. The minimum absolute atomic E-state index is 0.165. The van der Waals surface area contributed by atoms with Crippen LogP contribution in [0.4, 0.5) is 5.69 Å². The summed E-state index contributed by atoms with van der Waals surface area (Å²) in [6, 6.07) is 2.98. The number of carbonyl (C=O) groups excluding carboxylic acids is 1. The van der Waals surface area contributed by atoms with Crippen LogP contribution in [0, 0.1) is 0 Å². The summed E-state index contributed by atoms with van der Waals surface area (Å²) in [7, 11) is 4.59. The summed E-state index contributed by atoms with van der Waals surface area (Å²) in [6.45, 7) is 3.12. The van der Waals surface area contributed by atoms with Crippen LogP contribution in [0.25, 0.3) is 0 Å². The number of benzene rings is 1. The highest BCUT2D eigenvalue weighted by molar-refractivity contribution is 5.96. The standard InChI is InChI=1S/C15H22N2O5/c1-9-13(16-5-6-22-9)15(18)17-10-7-11(19-2)14(21-4)12(8-10)20-3/h7-9,13,16H,5-6H2,1-4H3,(H,17,18)/t9-,13+/m1/s1. The van der Waals surface area contributed by atoms with Gasteiger partial charge < -0.3 is 29.6 Å². The van der Waals surface area contributed by atoms with Crippen molar-refractivity contribution in [1.29, 1.82) is 0 Å². The van der Waals surface area contributed by atoms with E-state index in [1.54, 1.807) is 12.1 Å². The molecule has 2 atom stereocenters. The first-order valence-electron chi connectivity index (χ1n) is 7.06. The predicted octanol–water partition coefficient (Wildman–Crippen LogP) is 1.03. The van der Waals surface area contributed by atoms with Crippen molar-refractivity contribution in [3.63, 3.8) is 0 Å². The Hall–Kier alpha value is -1.99. The second-order valence-corrected chi connectivity index (χ2v) is 4.91. The van der Waals surface area contributed by atoms with Gasteiger partial charge in [-0.25, -0.2) is 0 Å². The highest BCUT2D eigenvalue weighted by Gasteiger charge is 2.28. The molecular formula is C15H22N2O5. The molecular weight excluding hydrogens is 288 g/mol. The zero-order valence-electron chi connectivity index (χ0n) is 13.3. The van der Waals surface area contributed by atoms with Crippen LogP contribution in [0.5, 0.6) is 17.2 Å². The molecule has 1 saturated heterocycles. The van der Waals surface area contributed by atoms with E-state index in [-0.39, 0.29) is 12.0 Å². The van der Waals surface area contributed by atoms with Gasteiger partial charge in [-0.3, -0.25) is 4.79 Å². The van der Waals surface area contributed by atoms with E-state index in [0.717, 1.165) is 0 Å². The van der Waals surface area contributed by atoms with Crippen LogP contribution in [0.2, 0.25) is 0 Å². The lowest BCUT2D eigenvalue weighted by atomic mass is 10.1. The first-order valence-corrected chi connectivity index (χ1v) is 7.06. The van der Waals surface area contributed by atoms with E-state index in [1.165, 1.54) is 21.3 Å². The molecule has 1 aromatic rings. The highest BCUT2D eigenvalue weighted by atomic mass is 16.5. The van der Waals surface area contributed by atoms with Crippen LogP contribution in [0.15, 0.2) is 12.1 Å². The first kappa shape index (κ1) is 16.4. The fourth-order valence-corrected chi connectivity index (χ4v) is 2.40. The van der Waals surface area contributed by atoms with Crippen molar-refractivity contribution in [2.45, 2.75) is 19.1 Å². The van der Waals surface area contributed by atoms with Crippen molar-refractivity contribution in [1.82, 2.24) is 5.32 Å². The fraction of sp³-hybridized carbons (Fsp3) is 0.533. The quantitative estimate of drug-likeness (QED) is 0.846. The third kappa shape index (κ3) is 3.42. The average molecular weight is 310 g/mol. The smallest absolute Gasteiger partial charge is 0.244 e. The number of ether oxygens (including phenoxy) is 4. The Labute approximate surface area is 129 Å². The monoisotopic (exact) mass is 310 g/mol. The third-order valence-electron chi connectivity index (χ3n) is 3.53. The summed E-state index contributed by atoms with van der Waals surface area (Å²) in [4.78, 5) is 12.4. The number of carbonyl (C=O) groups is 1. The molecule has 1 aromatic carbocycles. The van der Waals surface area contributed by atoms with Crippen molar-refractivity contribution in [2.24, 2.45) is 0 Å². The van der Waals surface area contributed by atoms with Gasteiger partial charge in [0.25, 0.3) is 0 Å². The lowest BCUT2D eigenvalue weighted by molar-refractivity contribution is -0.123. The zero-order chi connectivity index (χ0) is 16.1. The summed E-state index contributed by atoms with van der Waals surface area (Å²) in [5, 5.41) is 5.99. The Balaban J connectivity index is 2.20. The molecule has 0 spiro atoms. The van der Waals surface area contributed by atoms with Crippen molar-refractivity contribution >= 4 is 11.6 Å². The van der Waals surface area contributed by atoms with Crippen LogP contribution in [-0.2, 0) is 9.53 Å². The normalized spacial score (nSPS) is 21.1. The molecule has 0 aliphatic carbocycles. The van der Waals surface area contributed by atoms with Crippen molar-refractivity contribution in [3.05, 3.63) is 12.1 Å². The van der Waals surface area contributed by atoms with Gasteiger partial charge in [0.15, 0.2) is 11.5 Å². The van der Waals surface area contributed by atoms with Gasteiger partial charge in [-0.05, 0) is 6.92 Å². The number of methoxy groups -OCH3 is 3. The van der Waals surface area contributed by atoms with Crippen LogP contribution < -0.4 is 24.8 Å². The van der Waals surface area contributed by atoms with E-state index in [2.05, 4.69) is 10.6 Å². The molecule has 0 unspecified atom stereocenters. The molecule has 2 N–H and O–H groups in total. The number of anilines is 1. The average Bonchev–Trinajstić information content (AvgIpc) is 2.54. The molecule has 122 valence electrons. The Kier molecular flexibility index (Phi) is 5.46. The van der Waals surface area contributed by atoms with Crippen molar-refractivity contribution < 1.29 is 23.7 Å². The Morgan fingerprint density at radius 2 is 1.86 bits per heavy atom. The molecule has 0 aromatic heterocycles. The van der Waals surface area contributed by atoms with E-state index >= 15 is 0 Å². The van der Waals surface area contributed by atoms with Crippen LogP contribution in [0.3, 0.4) is 0 Å². The van der Waals surface area contributed by atoms with Gasteiger partial charge in [-0.15, -0.1) is 0 Å². The molecule has 1 heterocycles. The number of morpholine rings is 1. The van der Waals surface area contributed by atoms with E-state index in [4.69, 9.17) is 18.9 Å². The minimum atomic E-state index is -0.396. The zero-order valence-corrected chi connectivity index (χ0v) is 13.3. The minimum Gasteiger partial charge on any atom is -0.493 e. The van der Waals surface area contributed by atoms with E-state index < -0.39 is 6.04 Å². The Morgan fingerprint density at radius 3 is 2.36 bits per heavy atom. The topological polar surface area (TPSA) is 78.1 Å². The molecule has 0 saturated carbocycles. The van der Waals surface area contributed by atoms with Gasteiger partial charge in [0.1, 0.15) is 6.04 Å². The summed E-state index contributed by atoms with van der Waals surface area (Å²) in [5.74, 6) is 1.29. The summed E-state index contributed by atoms with van der Waals surface area (Å²) >= 11 is 0. The molecule has 7 heteroatoms. The van der Waals surface area contributed by atoms with Gasteiger partial charge >= 0.3 is 0 Å². The molecule has 0 radical (unpaired) electrons. The maximum absolute atomic E-state index is 12.4. The van der Waals surface area contributed by atoms with Gasteiger partial charge in [0.2, 0.25) is 11.7 Å². The molecule has 1 amide bonds. The summed E-state index contributed by atoms with van der Waals surface area (Å²) in [6.07, 6.45) is -0.184. The van der Waals surface area contributed by atoms with E-state index in [0.29, 0.717) is 36.1 Å². The van der Waals surface area contributed by atoms with Crippen LogP contribution in [0.1, 0.15) is 6.92 Å². The summed E-state index contributed by atoms with van der Waals surface area (Å²) < 4.78 is 21.3. The molecule has 0 bridgehead atoms. The second-order valence-electron chi connectivity index (χ2n) is 4.91. The van der Waals surface area contributed by atoms with Gasteiger partial charge in [-0.2, -0.15) is 0 Å². The lowest BCUT2D eigenvalue weighted by Gasteiger charge is -2.29. The molecule has 7 nitrogen and oxygen atoms in total. The number of amides is 1. The molecule has 2 rings (SSSR count). The first-order chi connectivity index (χ1) is 10.6. The Morgan fingerprint density at radius 1 is 1.23 bits per heavy atom. The lowest BCUT2D eigenvalue weighted by Crippen LogP contribution is -2.53. The maximum atomic E-state index is 12.4. The van der Waals surface area contributed by atoms with Crippen molar-refractivity contribution in [3.8, 4) is 17.2 Å². The van der Waals surface area contributed by atoms with E-state index in [9.17, 15) is 4.79 Å². The molecule has 1 aliphatic heterocycles. The number of hydrogen-bond acceptors (Lipinski definition) is 6. The SMILES string of the molecule is COc1cc(NC(=O)[C@H]2NCCO[C@@H]2C)cc(OC)c1OC. The molecule has 22 heavy (non-hydrogen) atoms. The Bertz CT molecular complexity index is 510. The number of nitrogens with one attached hydrogen (secondary N) is 2. The summed E-state index contributed by atoms with van der Waals surface area (Å²) in [5.41, 5.74) is 0.569. The van der Waals surface area contributed by atoms with Gasteiger partial charge in [0, 0.05) is 24.4 Å². The number of rotatable bonds is 5. The second kappa shape index (κ2) is 7.33. The van der Waals surface area contributed by atoms with Crippen LogP contribution in [-0.4, -0.2) is 52.5 Å². The number of hydrogen-bond donors (Lipinski definition) is 2. The van der Waals surface area contributed by atoms with Gasteiger partial charge in [0.05, 0.1) is 34.0 Å². The highest BCUT2D eigenvalue weighted by Crippen LogP contribution is 2.39.